The first-order valence-electron chi connectivity index (χ1n) is 9.89. The van der Waals surface area contributed by atoms with E-state index in [1.54, 1.807) is 24.1 Å². The number of likely N-dealkylation sites (N-methyl/N-ethyl adjacent to an activating group) is 1. The van der Waals surface area contributed by atoms with Gasteiger partial charge in [0.2, 0.25) is 11.8 Å². The zero-order valence-electron chi connectivity index (χ0n) is 17.3. The monoisotopic (exact) mass is 400 g/mol. The Kier molecular flexibility index (Phi) is 8.65. The normalized spacial score (nSPS) is 11.6. The van der Waals surface area contributed by atoms with Gasteiger partial charge >= 0.3 is 0 Å². The van der Waals surface area contributed by atoms with Crippen LogP contribution in [0.3, 0.4) is 0 Å². The Morgan fingerprint density at radius 2 is 1.76 bits per heavy atom. The molecule has 2 amide bonds. The number of hydrogen-bond donors (Lipinski definition) is 1. The van der Waals surface area contributed by atoms with Crippen LogP contribution in [-0.2, 0) is 16.1 Å². The molecule has 2 aromatic rings. The highest BCUT2D eigenvalue weighted by Gasteiger charge is 2.27. The predicted octanol–water partition coefficient (Wildman–Crippen LogP) is 3.85. The van der Waals surface area contributed by atoms with Crippen LogP contribution in [0.1, 0.15) is 37.3 Å². The molecular formula is C23H29FN2O3. The summed E-state index contributed by atoms with van der Waals surface area (Å²) in [5.74, 6) is 0.0948. The molecule has 0 spiro atoms. The van der Waals surface area contributed by atoms with Gasteiger partial charge in [-0.15, -0.1) is 0 Å². The summed E-state index contributed by atoms with van der Waals surface area (Å²) in [4.78, 5) is 26.8. The summed E-state index contributed by atoms with van der Waals surface area (Å²) in [6.45, 7) is 4.54. The average molecular weight is 400 g/mol. The summed E-state index contributed by atoms with van der Waals surface area (Å²) < 4.78 is 18.9. The van der Waals surface area contributed by atoms with E-state index in [1.807, 2.05) is 38.1 Å². The Morgan fingerprint density at radius 3 is 2.34 bits per heavy atom. The molecule has 0 aliphatic heterocycles. The second kappa shape index (κ2) is 11.2. The molecule has 0 bridgehead atoms. The first kappa shape index (κ1) is 22.4. The van der Waals surface area contributed by atoms with Crippen LogP contribution in [0.4, 0.5) is 4.39 Å². The lowest BCUT2D eigenvalue weighted by atomic mass is 10.1. The maximum Gasteiger partial charge on any atom is 0.242 e. The lowest BCUT2D eigenvalue weighted by Gasteiger charge is -2.30. The van der Waals surface area contributed by atoms with Crippen molar-refractivity contribution in [1.29, 1.82) is 0 Å². The number of amides is 2. The van der Waals surface area contributed by atoms with E-state index < -0.39 is 6.04 Å². The number of carbonyl (C=O) groups is 2. The number of nitrogens with zero attached hydrogens (tertiary/aromatic N) is 1. The molecule has 0 radical (unpaired) electrons. The first-order valence-corrected chi connectivity index (χ1v) is 9.89. The minimum atomic E-state index is -0.574. The molecule has 0 unspecified atom stereocenters. The van der Waals surface area contributed by atoms with Gasteiger partial charge in [-0.2, -0.15) is 0 Å². The number of carbonyl (C=O) groups excluding carboxylic acids is 2. The van der Waals surface area contributed by atoms with Gasteiger partial charge < -0.3 is 15.0 Å². The summed E-state index contributed by atoms with van der Waals surface area (Å²) >= 11 is 0. The minimum Gasteiger partial charge on any atom is -0.494 e. The van der Waals surface area contributed by atoms with Gasteiger partial charge in [0.1, 0.15) is 17.6 Å². The van der Waals surface area contributed by atoms with Crippen molar-refractivity contribution in [1.82, 2.24) is 10.2 Å². The maximum absolute atomic E-state index is 13.2. The topological polar surface area (TPSA) is 58.6 Å². The average Bonchev–Trinajstić information content (AvgIpc) is 2.73. The molecule has 0 aromatic heterocycles. The third kappa shape index (κ3) is 6.89. The van der Waals surface area contributed by atoms with E-state index in [4.69, 9.17) is 4.74 Å². The van der Waals surface area contributed by atoms with Crippen molar-refractivity contribution in [2.75, 3.05) is 13.7 Å². The van der Waals surface area contributed by atoms with E-state index in [-0.39, 0.29) is 30.6 Å². The van der Waals surface area contributed by atoms with Crippen LogP contribution in [0.25, 0.3) is 0 Å². The molecule has 0 aliphatic carbocycles. The van der Waals surface area contributed by atoms with Gasteiger partial charge in [-0.1, -0.05) is 36.8 Å². The number of ether oxygens (including phenoxy) is 1. The molecule has 1 N–H and O–H groups in total. The quantitative estimate of drug-likeness (QED) is 0.617. The Hall–Kier alpha value is -2.89. The van der Waals surface area contributed by atoms with Crippen molar-refractivity contribution < 1.29 is 18.7 Å². The fourth-order valence-corrected chi connectivity index (χ4v) is 3.06. The second-order valence-corrected chi connectivity index (χ2v) is 6.95. The summed E-state index contributed by atoms with van der Waals surface area (Å²) in [6, 6.07) is 13.1. The Morgan fingerprint density at radius 1 is 1.10 bits per heavy atom. The Balaban J connectivity index is 1.99. The van der Waals surface area contributed by atoms with Gasteiger partial charge in [0.15, 0.2) is 0 Å². The van der Waals surface area contributed by atoms with Crippen LogP contribution >= 0.6 is 0 Å². The van der Waals surface area contributed by atoms with E-state index in [9.17, 15) is 14.0 Å². The van der Waals surface area contributed by atoms with Crippen molar-refractivity contribution >= 4 is 11.8 Å². The van der Waals surface area contributed by atoms with Gasteiger partial charge in [0.25, 0.3) is 0 Å². The van der Waals surface area contributed by atoms with Crippen molar-refractivity contribution in [3.05, 3.63) is 65.5 Å². The zero-order chi connectivity index (χ0) is 21.2. The van der Waals surface area contributed by atoms with E-state index in [0.29, 0.717) is 19.4 Å². The molecule has 0 fully saturated rings. The van der Waals surface area contributed by atoms with Crippen LogP contribution in [0.2, 0.25) is 0 Å². The van der Waals surface area contributed by atoms with Crippen LogP contribution < -0.4 is 10.1 Å². The van der Waals surface area contributed by atoms with Crippen LogP contribution in [0.15, 0.2) is 48.5 Å². The largest absolute Gasteiger partial charge is 0.494 e. The van der Waals surface area contributed by atoms with Gasteiger partial charge in [0.05, 0.1) is 6.61 Å². The third-order valence-corrected chi connectivity index (χ3v) is 4.72. The third-order valence-electron chi connectivity index (χ3n) is 4.72. The van der Waals surface area contributed by atoms with Gasteiger partial charge in [-0.3, -0.25) is 9.59 Å². The lowest BCUT2D eigenvalue weighted by molar-refractivity contribution is -0.141. The van der Waals surface area contributed by atoms with Gasteiger partial charge in [-0.05, 0) is 49.6 Å². The van der Waals surface area contributed by atoms with Crippen LogP contribution in [0.5, 0.6) is 5.75 Å². The fourth-order valence-electron chi connectivity index (χ4n) is 3.06. The number of halogens is 1. The smallest absolute Gasteiger partial charge is 0.242 e. The van der Waals surface area contributed by atoms with E-state index in [0.717, 1.165) is 16.9 Å². The molecule has 156 valence electrons. The molecule has 0 heterocycles. The predicted molar refractivity (Wildman–Crippen MR) is 111 cm³/mol. The summed E-state index contributed by atoms with van der Waals surface area (Å²) in [5, 5.41) is 2.62. The van der Waals surface area contributed by atoms with E-state index in [1.165, 1.54) is 12.1 Å². The number of benzene rings is 2. The molecular weight excluding hydrogens is 371 g/mol. The Labute approximate surface area is 171 Å². The summed E-state index contributed by atoms with van der Waals surface area (Å²) in [7, 11) is 1.56. The molecule has 2 rings (SSSR count). The highest BCUT2D eigenvalue weighted by atomic mass is 19.1. The molecule has 0 aliphatic rings. The number of rotatable bonds is 10. The van der Waals surface area contributed by atoms with Crippen molar-refractivity contribution in [3.63, 3.8) is 0 Å². The molecule has 29 heavy (non-hydrogen) atoms. The van der Waals surface area contributed by atoms with Crippen molar-refractivity contribution in [3.8, 4) is 5.75 Å². The maximum atomic E-state index is 13.2. The van der Waals surface area contributed by atoms with E-state index >= 15 is 0 Å². The van der Waals surface area contributed by atoms with Gasteiger partial charge in [0, 0.05) is 20.0 Å². The second-order valence-electron chi connectivity index (χ2n) is 6.95. The fraction of sp³-hybridized carbons (Fsp3) is 0.391. The summed E-state index contributed by atoms with van der Waals surface area (Å²) in [6.07, 6.45) is 1.30. The molecule has 6 heteroatoms. The van der Waals surface area contributed by atoms with Crippen molar-refractivity contribution in [2.45, 2.75) is 45.7 Å². The van der Waals surface area contributed by atoms with Crippen LogP contribution in [-0.4, -0.2) is 36.4 Å². The number of hydrogen-bond acceptors (Lipinski definition) is 3. The first-order chi connectivity index (χ1) is 13.9. The van der Waals surface area contributed by atoms with Crippen molar-refractivity contribution in [2.24, 2.45) is 0 Å². The molecule has 2 aromatic carbocycles. The number of aryl methyl sites for hydroxylation is 1. The standard InChI is InChI=1S/C23H29FN2O3/c1-4-21(23(28)25-3)26(16-18-9-11-19(24)12-10-18)22(27)6-5-15-29-20-13-7-17(2)8-14-20/h7-14,21H,4-6,15-16H2,1-3H3,(H,25,28)/t21-/m0/s1. The van der Waals surface area contributed by atoms with Crippen LogP contribution in [0, 0.1) is 12.7 Å². The molecule has 0 saturated heterocycles. The molecule has 0 saturated carbocycles. The molecule has 5 nitrogen and oxygen atoms in total. The Bertz CT molecular complexity index is 791. The highest BCUT2D eigenvalue weighted by molar-refractivity contribution is 5.87. The highest BCUT2D eigenvalue weighted by Crippen LogP contribution is 2.16. The zero-order valence-corrected chi connectivity index (χ0v) is 17.3. The van der Waals surface area contributed by atoms with Gasteiger partial charge in [-0.25, -0.2) is 4.39 Å². The SMILES string of the molecule is CC[C@@H](C(=O)NC)N(Cc1ccc(F)cc1)C(=O)CCCOc1ccc(C)cc1. The molecule has 1 atom stereocenters. The number of nitrogens with one attached hydrogen (secondary N) is 1. The lowest BCUT2D eigenvalue weighted by Crippen LogP contribution is -2.48. The summed E-state index contributed by atoms with van der Waals surface area (Å²) in [5.41, 5.74) is 1.93. The minimum absolute atomic E-state index is 0.128. The van der Waals surface area contributed by atoms with E-state index in [2.05, 4.69) is 5.32 Å².